The first-order valence-electron chi connectivity index (χ1n) is 11.0. The van der Waals surface area contributed by atoms with Gasteiger partial charge < -0.3 is 4.74 Å². The molecular formula is C25H29N3O4S. The summed E-state index contributed by atoms with van der Waals surface area (Å²) in [6.45, 7) is 10.2. The molecule has 1 aliphatic heterocycles. The first-order chi connectivity index (χ1) is 15.5. The lowest BCUT2D eigenvalue weighted by molar-refractivity contribution is 0.0978. The topological polar surface area (TPSA) is 97.7 Å². The summed E-state index contributed by atoms with van der Waals surface area (Å²) in [4.78, 5) is 22.0. The van der Waals surface area contributed by atoms with Gasteiger partial charge in [-0.1, -0.05) is 31.5 Å². The van der Waals surface area contributed by atoms with Crippen molar-refractivity contribution < 1.29 is 17.9 Å². The number of aliphatic imine (C=N–C) groups is 1. The molecule has 2 heterocycles. The van der Waals surface area contributed by atoms with Gasteiger partial charge in [-0.2, -0.15) is 0 Å². The van der Waals surface area contributed by atoms with Gasteiger partial charge in [0.15, 0.2) is 0 Å². The highest BCUT2D eigenvalue weighted by Gasteiger charge is 2.33. The van der Waals surface area contributed by atoms with Crippen molar-refractivity contribution in [2.45, 2.75) is 59.3 Å². The van der Waals surface area contributed by atoms with Crippen molar-refractivity contribution in [1.82, 2.24) is 9.71 Å². The van der Waals surface area contributed by atoms with Crippen molar-refractivity contribution in [3.63, 3.8) is 0 Å². The lowest BCUT2D eigenvalue weighted by atomic mass is 9.75. The summed E-state index contributed by atoms with van der Waals surface area (Å²) in [7, 11) is -4.01. The minimum Gasteiger partial charge on any atom is -0.438 e. The van der Waals surface area contributed by atoms with Crippen LogP contribution in [0.15, 0.2) is 34.2 Å². The van der Waals surface area contributed by atoms with Crippen molar-refractivity contribution in [2.75, 3.05) is 6.54 Å². The summed E-state index contributed by atoms with van der Waals surface area (Å²) in [5.74, 6) is -0.0347. The largest absolute Gasteiger partial charge is 0.438 e. The average Bonchev–Trinajstić information content (AvgIpc) is 3.26. The molecule has 33 heavy (non-hydrogen) atoms. The van der Waals surface area contributed by atoms with E-state index in [0.717, 1.165) is 47.2 Å². The fourth-order valence-electron chi connectivity index (χ4n) is 4.57. The Morgan fingerprint density at radius 2 is 1.82 bits per heavy atom. The molecule has 2 aliphatic rings. The fraction of sp³-hybridized carbons (Fsp3) is 0.400. The third kappa shape index (κ3) is 4.57. The van der Waals surface area contributed by atoms with E-state index < -0.39 is 15.9 Å². The average molecular weight is 468 g/mol. The van der Waals surface area contributed by atoms with Crippen molar-refractivity contribution in [3.8, 4) is 11.6 Å². The molecule has 0 atom stereocenters. The second kappa shape index (κ2) is 8.41. The van der Waals surface area contributed by atoms with Gasteiger partial charge in [-0.15, -0.1) is 0 Å². The van der Waals surface area contributed by atoms with Gasteiger partial charge in [0.05, 0.1) is 17.1 Å². The van der Waals surface area contributed by atoms with Crippen LogP contribution in [0.3, 0.4) is 0 Å². The molecule has 4 rings (SSSR count). The number of amides is 1. The molecule has 1 aromatic heterocycles. The lowest BCUT2D eigenvalue weighted by Crippen LogP contribution is -2.33. The molecule has 0 spiro atoms. The number of aromatic nitrogens is 1. The molecule has 8 heteroatoms. The van der Waals surface area contributed by atoms with E-state index in [2.05, 4.69) is 23.6 Å². The Hall–Kier alpha value is -3.00. The van der Waals surface area contributed by atoms with E-state index >= 15 is 0 Å². The number of allylic oxidation sites excluding steroid dienone is 1. The van der Waals surface area contributed by atoms with Gasteiger partial charge in [0, 0.05) is 11.6 Å². The molecule has 7 nitrogen and oxygen atoms in total. The molecule has 0 unspecified atom stereocenters. The Bertz CT molecular complexity index is 1280. The van der Waals surface area contributed by atoms with Gasteiger partial charge >= 0.3 is 0 Å². The maximum atomic E-state index is 13.2. The van der Waals surface area contributed by atoms with Gasteiger partial charge in [-0.25, -0.2) is 18.1 Å². The number of carbonyl (C=O) groups is 1. The molecule has 1 N–H and O–H groups in total. The highest BCUT2D eigenvalue weighted by molar-refractivity contribution is 7.94. The molecule has 1 aliphatic carbocycles. The van der Waals surface area contributed by atoms with Crippen LogP contribution in [0.2, 0.25) is 0 Å². The van der Waals surface area contributed by atoms with E-state index in [1.165, 1.54) is 12.3 Å². The van der Waals surface area contributed by atoms with Gasteiger partial charge in [0.2, 0.25) is 5.88 Å². The van der Waals surface area contributed by atoms with Crippen LogP contribution in [0.25, 0.3) is 0 Å². The number of fused-ring (bicyclic) bond motifs is 1. The number of benzene rings is 1. The summed E-state index contributed by atoms with van der Waals surface area (Å²) in [5.41, 5.74) is 4.70. The van der Waals surface area contributed by atoms with Crippen LogP contribution in [-0.4, -0.2) is 32.1 Å². The van der Waals surface area contributed by atoms with E-state index in [1.54, 1.807) is 6.07 Å². The van der Waals surface area contributed by atoms with E-state index in [9.17, 15) is 13.2 Å². The number of ether oxygens (including phenoxy) is 1. The zero-order chi connectivity index (χ0) is 24.0. The number of nitrogens with one attached hydrogen (secondary N) is 1. The quantitative estimate of drug-likeness (QED) is 0.701. The summed E-state index contributed by atoms with van der Waals surface area (Å²) >= 11 is 0. The van der Waals surface area contributed by atoms with Crippen LogP contribution >= 0.6 is 0 Å². The highest BCUT2D eigenvalue weighted by Crippen LogP contribution is 2.39. The Morgan fingerprint density at radius 1 is 1.12 bits per heavy atom. The lowest BCUT2D eigenvalue weighted by Gasteiger charge is -2.32. The van der Waals surface area contributed by atoms with Crippen molar-refractivity contribution in [1.29, 1.82) is 0 Å². The second-order valence-electron chi connectivity index (χ2n) is 9.47. The second-order valence-corrected chi connectivity index (χ2v) is 11.2. The number of hydrogen-bond donors (Lipinski definition) is 1. The minimum atomic E-state index is -4.01. The van der Waals surface area contributed by atoms with Gasteiger partial charge in [0.25, 0.3) is 15.9 Å². The molecule has 1 amide bonds. The third-order valence-corrected chi connectivity index (χ3v) is 7.60. The fourth-order valence-corrected chi connectivity index (χ4v) is 5.54. The zero-order valence-electron chi connectivity index (χ0n) is 19.7. The molecule has 0 fully saturated rings. The number of carbonyl (C=O) groups excluding carboxylic acids is 1. The maximum absolute atomic E-state index is 13.2. The smallest absolute Gasteiger partial charge is 0.270 e. The predicted molar refractivity (Wildman–Crippen MR) is 129 cm³/mol. The van der Waals surface area contributed by atoms with Crippen LogP contribution in [0.1, 0.15) is 65.0 Å². The molecule has 2 aromatic rings. The third-order valence-electron chi connectivity index (χ3n) is 6.19. The molecule has 174 valence electrons. The monoisotopic (exact) mass is 467 g/mol. The number of rotatable bonds is 5. The van der Waals surface area contributed by atoms with Crippen LogP contribution in [0.5, 0.6) is 11.6 Å². The SMILES string of the molecule is Cc1cc(C)c(Oc2nc3c(cc2C(=O)NS(=O)(=O)C2=CC=NC2)CCCC3(C)C)c(C)c1. The summed E-state index contributed by atoms with van der Waals surface area (Å²) in [5, 5.41) is 0. The zero-order valence-corrected chi connectivity index (χ0v) is 20.5. The molecule has 0 bridgehead atoms. The van der Waals surface area contributed by atoms with E-state index in [1.807, 2.05) is 32.9 Å². The number of hydrogen-bond acceptors (Lipinski definition) is 6. The minimum absolute atomic E-state index is 0.0182. The van der Waals surface area contributed by atoms with E-state index in [-0.39, 0.29) is 28.3 Å². The highest BCUT2D eigenvalue weighted by atomic mass is 32.2. The van der Waals surface area contributed by atoms with Gasteiger partial charge in [-0.05, 0) is 68.9 Å². The number of aryl methyl sites for hydroxylation is 4. The van der Waals surface area contributed by atoms with Crippen LogP contribution in [0, 0.1) is 20.8 Å². The standard InChI is InChI=1S/C25H29N3O4S/c1-15-11-16(2)21(17(3)12-15)32-24-20(13-18-7-6-9-25(4,5)22(18)27-24)23(29)28-33(30,31)19-8-10-26-14-19/h8,10-13H,6-7,9,14H2,1-5H3,(H,28,29). The summed E-state index contributed by atoms with van der Waals surface area (Å²) in [6, 6.07) is 5.74. The molecule has 0 saturated carbocycles. The number of pyridine rings is 1. The number of nitrogens with zero attached hydrogens (tertiary/aromatic N) is 2. The Morgan fingerprint density at radius 3 is 2.45 bits per heavy atom. The molecule has 0 radical (unpaired) electrons. The normalized spacial score (nSPS) is 16.8. The maximum Gasteiger partial charge on any atom is 0.270 e. The van der Waals surface area contributed by atoms with E-state index in [4.69, 9.17) is 9.72 Å². The number of sulfonamides is 1. The molecular weight excluding hydrogens is 438 g/mol. The summed E-state index contributed by atoms with van der Waals surface area (Å²) < 4.78 is 33.8. The Labute approximate surface area is 195 Å². The van der Waals surface area contributed by atoms with Crippen molar-refractivity contribution in [2.24, 2.45) is 4.99 Å². The Balaban J connectivity index is 1.79. The first-order valence-corrected chi connectivity index (χ1v) is 12.5. The van der Waals surface area contributed by atoms with Crippen molar-refractivity contribution >= 4 is 22.1 Å². The van der Waals surface area contributed by atoms with Crippen LogP contribution in [-0.2, 0) is 21.9 Å². The van der Waals surface area contributed by atoms with Crippen LogP contribution in [0.4, 0.5) is 0 Å². The first kappa shape index (κ1) is 23.2. The predicted octanol–water partition coefficient (Wildman–Crippen LogP) is 4.44. The van der Waals surface area contributed by atoms with Gasteiger partial charge in [0.1, 0.15) is 11.3 Å². The molecule has 1 aromatic carbocycles. The van der Waals surface area contributed by atoms with Crippen molar-refractivity contribution in [3.05, 3.63) is 62.7 Å². The van der Waals surface area contributed by atoms with Crippen LogP contribution < -0.4 is 9.46 Å². The summed E-state index contributed by atoms with van der Waals surface area (Å²) in [6.07, 6.45) is 5.53. The Kier molecular flexibility index (Phi) is 5.90. The molecule has 0 saturated heterocycles. The van der Waals surface area contributed by atoms with Gasteiger partial charge in [-0.3, -0.25) is 9.79 Å². The van der Waals surface area contributed by atoms with E-state index in [0.29, 0.717) is 5.75 Å².